The molecule has 1 aliphatic heterocycles. The average Bonchev–Trinajstić information content (AvgIpc) is 3.07. The van der Waals surface area contributed by atoms with E-state index >= 15 is 0 Å². The summed E-state index contributed by atoms with van der Waals surface area (Å²) in [5.74, 6) is 0. The van der Waals surface area contributed by atoms with E-state index in [4.69, 9.17) is 0 Å². The van der Waals surface area contributed by atoms with Crippen molar-refractivity contribution < 1.29 is 0 Å². The van der Waals surface area contributed by atoms with Gasteiger partial charge in [0, 0.05) is 22.3 Å². The van der Waals surface area contributed by atoms with Crippen LogP contribution in [0, 0.1) is 20.8 Å². The fourth-order valence-electron chi connectivity index (χ4n) is 8.25. The Balaban J connectivity index is 1.46. The molecule has 0 saturated carbocycles. The van der Waals surface area contributed by atoms with Gasteiger partial charge in [0.15, 0.2) is 0 Å². The van der Waals surface area contributed by atoms with Crippen LogP contribution < -0.4 is 21.3 Å². The first kappa shape index (κ1) is 26.1. The number of hydrogen-bond donors (Lipinski definition) is 0. The Morgan fingerprint density at radius 1 is 0.489 bits per heavy atom. The van der Waals surface area contributed by atoms with E-state index in [9.17, 15) is 0 Å². The lowest BCUT2D eigenvalue weighted by atomic mass is 9.33. The van der Waals surface area contributed by atoms with Crippen LogP contribution in [0.25, 0.3) is 43.4 Å². The predicted octanol–water partition coefficient (Wildman–Crippen LogP) is 9.48. The normalized spacial score (nSPS) is 12.7. The van der Waals surface area contributed by atoms with Gasteiger partial charge in [-0.05, 0) is 76.3 Å². The van der Waals surface area contributed by atoms with Gasteiger partial charge >= 0.3 is 0 Å². The van der Waals surface area contributed by atoms with Crippen LogP contribution in [0.1, 0.15) is 16.7 Å². The quantitative estimate of drug-likeness (QED) is 0.150. The summed E-state index contributed by atoms with van der Waals surface area (Å²) in [6.07, 6.45) is 0. The standard InChI is InChI=1S/C43H32BN/c1-27-24-28(2)42(29(3)25-27)44-36-17-8-10-19-39(36)45(38-18-9-7-16-34(38)30-12-5-4-6-13-30)43-35-23-22-32-15-11-14-31-20-21-33(26-37(43)44)41(35)40(31)32/h4-26H,1-3H3. The van der Waals surface area contributed by atoms with Crippen LogP contribution in [-0.2, 0) is 0 Å². The number of rotatable bonds is 3. The van der Waals surface area contributed by atoms with Crippen molar-refractivity contribution in [2.24, 2.45) is 0 Å². The Bertz CT molecular complexity index is 2380. The molecule has 212 valence electrons. The van der Waals surface area contributed by atoms with Gasteiger partial charge in [-0.3, -0.25) is 0 Å². The zero-order chi connectivity index (χ0) is 30.2. The van der Waals surface area contributed by atoms with Crippen molar-refractivity contribution in [2.45, 2.75) is 20.8 Å². The first-order valence-electron chi connectivity index (χ1n) is 15.9. The second-order valence-corrected chi connectivity index (χ2v) is 12.7. The third kappa shape index (κ3) is 3.82. The molecule has 0 aromatic heterocycles. The summed E-state index contributed by atoms with van der Waals surface area (Å²) < 4.78 is 0. The minimum Gasteiger partial charge on any atom is -0.310 e. The molecule has 1 heterocycles. The van der Waals surface area contributed by atoms with Gasteiger partial charge in [0.25, 0.3) is 0 Å². The summed E-state index contributed by atoms with van der Waals surface area (Å²) >= 11 is 0. The smallest absolute Gasteiger partial charge is 0.247 e. The summed E-state index contributed by atoms with van der Waals surface area (Å²) in [5.41, 5.74) is 14.3. The fraction of sp³-hybridized carbons (Fsp3) is 0.0698. The third-order valence-corrected chi connectivity index (χ3v) is 9.93. The molecule has 1 nitrogen and oxygen atoms in total. The Morgan fingerprint density at radius 3 is 1.91 bits per heavy atom. The molecule has 0 fully saturated rings. The third-order valence-electron chi connectivity index (χ3n) is 9.93. The molecular formula is C43H32BN. The highest BCUT2D eigenvalue weighted by Gasteiger charge is 2.38. The highest BCUT2D eigenvalue weighted by Crippen LogP contribution is 2.47. The topological polar surface area (TPSA) is 3.24 Å². The molecule has 8 aromatic carbocycles. The Labute approximate surface area is 264 Å². The lowest BCUT2D eigenvalue weighted by molar-refractivity contribution is 1.30. The van der Waals surface area contributed by atoms with E-state index < -0.39 is 0 Å². The maximum atomic E-state index is 2.56. The second kappa shape index (κ2) is 9.84. The maximum absolute atomic E-state index is 2.56. The van der Waals surface area contributed by atoms with Crippen LogP contribution in [-0.4, -0.2) is 6.71 Å². The van der Waals surface area contributed by atoms with Gasteiger partial charge in [0.1, 0.15) is 0 Å². The highest BCUT2D eigenvalue weighted by atomic mass is 15.2. The molecule has 8 aromatic rings. The van der Waals surface area contributed by atoms with Crippen LogP contribution in [0.3, 0.4) is 0 Å². The van der Waals surface area contributed by atoms with E-state index in [1.54, 1.807) is 0 Å². The Hall–Kier alpha value is -5.34. The first-order chi connectivity index (χ1) is 22.1. The van der Waals surface area contributed by atoms with E-state index in [1.165, 1.54) is 93.6 Å². The van der Waals surface area contributed by atoms with Crippen LogP contribution in [0.4, 0.5) is 17.1 Å². The molecule has 0 atom stereocenters. The largest absolute Gasteiger partial charge is 0.310 e. The van der Waals surface area contributed by atoms with Crippen molar-refractivity contribution in [1.82, 2.24) is 0 Å². The van der Waals surface area contributed by atoms with Crippen molar-refractivity contribution in [3.8, 4) is 11.1 Å². The lowest BCUT2D eigenvalue weighted by Gasteiger charge is -2.40. The van der Waals surface area contributed by atoms with Gasteiger partial charge in [-0.15, -0.1) is 0 Å². The Kier molecular flexibility index (Phi) is 5.71. The van der Waals surface area contributed by atoms with E-state index in [1.807, 2.05) is 0 Å². The SMILES string of the molecule is Cc1cc(C)c(B2c3ccccc3N(c3ccccc3-c3ccccc3)c3c2cc2ccc4cccc5ccc3c2c45)c(C)c1. The molecule has 0 radical (unpaired) electrons. The summed E-state index contributed by atoms with van der Waals surface area (Å²) in [6, 6.07) is 52.0. The number of aryl methyl sites for hydroxylation is 3. The number of fused-ring (bicyclic) bond motifs is 3. The molecule has 1 aliphatic rings. The van der Waals surface area contributed by atoms with Crippen molar-refractivity contribution in [1.29, 1.82) is 0 Å². The minimum atomic E-state index is 0.110. The van der Waals surface area contributed by atoms with E-state index in [0.29, 0.717) is 0 Å². The number of anilines is 3. The number of nitrogens with zero attached hydrogens (tertiary/aromatic N) is 1. The fourth-order valence-corrected chi connectivity index (χ4v) is 8.25. The van der Waals surface area contributed by atoms with Crippen molar-refractivity contribution in [2.75, 3.05) is 4.90 Å². The minimum absolute atomic E-state index is 0.110. The van der Waals surface area contributed by atoms with Crippen LogP contribution in [0.5, 0.6) is 0 Å². The lowest BCUT2D eigenvalue weighted by Crippen LogP contribution is -2.58. The van der Waals surface area contributed by atoms with E-state index in [-0.39, 0.29) is 6.71 Å². The van der Waals surface area contributed by atoms with Crippen molar-refractivity contribution >= 4 is 72.5 Å². The summed E-state index contributed by atoms with van der Waals surface area (Å²) in [7, 11) is 0. The van der Waals surface area contributed by atoms with Gasteiger partial charge in [-0.2, -0.15) is 0 Å². The predicted molar refractivity (Wildman–Crippen MR) is 196 cm³/mol. The summed E-state index contributed by atoms with van der Waals surface area (Å²) in [6.45, 7) is 6.90. The molecule has 0 amide bonds. The van der Waals surface area contributed by atoms with Gasteiger partial charge in [-0.1, -0.05) is 150 Å². The Morgan fingerprint density at radius 2 is 1.13 bits per heavy atom. The zero-order valence-corrected chi connectivity index (χ0v) is 25.8. The first-order valence-corrected chi connectivity index (χ1v) is 15.9. The summed E-state index contributed by atoms with van der Waals surface area (Å²) in [4.78, 5) is 2.56. The highest BCUT2D eigenvalue weighted by molar-refractivity contribution is 6.98. The molecule has 9 rings (SSSR count). The number of benzene rings is 8. The molecule has 0 saturated heterocycles. The molecule has 0 unspecified atom stereocenters. The molecule has 0 aliphatic carbocycles. The van der Waals surface area contributed by atoms with E-state index in [2.05, 4.69) is 165 Å². The summed E-state index contributed by atoms with van der Waals surface area (Å²) in [5, 5.41) is 7.89. The molecule has 45 heavy (non-hydrogen) atoms. The van der Waals surface area contributed by atoms with Gasteiger partial charge in [0.05, 0.1) is 5.69 Å². The van der Waals surface area contributed by atoms with Gasteiger partial charge in [0.2, 0.25) is 6.71 Å². The van der Waals surface area contributed by atoms with Crippen LogP contribution in [0.15, 0.2) is 140 Å². The zero-order valence-electron chi connectivity index (χ0n) is 25.8. The number of hydrogen-bond acceptors (Lipinski definition) is 1. The maximum Gasteiger partial charge on any atom is 0.247 e. The second-order valence-electron chi connectivity index (χ2n) is 12.7. The van der Waals surface area contributed by atoms with Crippen molar-refractivity contribution in [3.63, 3.8) is 0 Å². The molecular weight excluding hydrogens is 541 g/mol. The molecule has 0 bridgehead atoms. The average molecular weight is 574 g/mol. The molecule has 0 N–H and O–H groups in total. The van der Waals surface area contributed by atoms with E-state index in [0.717, 1.165) is 0 Å². The van der Waals surface area contributed by atoms with Gasteiger partial charge in [-0.25, -0.2) is 0 Å². The van der Waals surface area contributed by atoms with Crippen LogP contribution >= 0.6 is 0 Å². The molecule has 0 spiro atoms. The van der Waals surface area contributed by atoms with Gasteiger partial charge < -0.3 is 4.90 Å². The number of para-hydroxylation sites is 2. The molecule has 2 heteroatoms. The monoisotopic (exact) mass is 573 g/mol. The van der Waals surface area contributed by atoms with Crippen LogP contribution in [0.2, 0.25) is 0 Å². The van der Waals surface area contributed by atoms with Crippen molar-refractivity contribution in [3.05, 3.63) is 156 Å².